The molecule has 0 saturated heterocycles. The van der Waals surface area contributed by atoms with Gasteiger partial charge in [0.15, 0.2) is 0 Å². The number of amides is 1. The molecule has 0 unspecified atom stereocenters. The van der Waals surface area contributed by atoms with Gasteiger partial charge in [-0.3, -0.25) is 9.59 Å². The van der Waals surface area contributed by atoms with Gasteiger partial charge in [0, 0.05) is 29.4 Å². The molecule has 1 aliphatic carbocycles. The van der Waals surface area contributed by atoms with E-state index in [0.29, 0.717) is 5.39 Å². The molecule has 0 aliphatic heterocycles. The van der Waals surface area contributed by atoms with Crippen LogP contribution in [0.25, 0.3) is 10.8 Å². The van der Waals surface area contributed by atoms with Crippen molar-refractivity contribution < 1.29 is 9.53 Å². The number of carbonyl (C=O) groups is 1. The van der Waals surface area contributed by atoms with Gasteiger partial charge in [0.25, 0.3) is 11.5 Å². The van der Waals surface area contributed by atoms with Crippen LogP contribution in [-0.2, 0) is 4.74 Å². The van der Waals surface area contributed by atoms with E-state index in [0.717, 1.165) is 5.39 Å². The zero-order valence-electron chi connectivity index (χ0n) is 14.8. The van der Waals surface area contributed by atoms with E-state index in [1.54, 1.807) is 19.2 Å². The third-order valence-electron chi connectivity index (χ3n) is 5.35. The zero-order chi connectivity index (χ0) is 17.7. The van der Waals surface area contributed by atoms with E-state index < -0.39 is 0 Å². The molecular formula is C19H24N2O3. The Bertz CT molecular complexity index is 835. The van der Waals surface area contributed by atoms with Crippen LogP contribution in [0.4, 0.5) is 0 Å². The van der Waals surface area contributed by atoms with Crippen molar-refractivity contribution in [2.75, 3.05) is 7.11 Å². The SMILES string of the molecule is COC1C(C)(C)C(NC(=O)c2cc3ccccc3c(=O)[nH]2)C1(C)C. The Morgan fingerprint density at radius 2 is 1.79 bits per heavy atom. The lowest BCUT2D eigenvalue weighted by Crippen LogP contribution is -2.73. The van der Waals surface area contributed by atoms with Gasteiger partial charge in [0.1, 0.15) is 5.69 Å². The molecule has 1 aromatic carbocycles. The Morgan fingerprint density at radius 1 is 1.17 bits per heavy atom. The number of aromatic amines is 1. The highest BCUT2D eigenvalue weighted by atomic mass is 16.5. The molecule has 3 rings (SSSR count). The third kappa shape index (κ3) is 2.35. The number of aromatic nitrogens is 1. The molecule has 1 heterocycles. The van der Waals surface area contributed by atoms with Crippen molar-refractivity contribution in [3.63, 3.8) is 0 Å². The van der Waals surface area contributed by atoms with Gasteiger partial charge in [-0.1, -0.05) is 45.9 Å². The summed E-state index contributed by atoms with van der Waals surface area (Å²) in [6.45, 7) is 8.34. The van der Waals surface area contributed by atoms with Crippen molar-refractivity contribution in [1.29, 1.82) is 0 Å². The van der Waals surface area contributed by atoms with E-state index in [4.69, 9.17) is 4.74 Å². The number of fused-ring (bicyclic) bond motifs is 1. The second kappa shape index (κ2) is 5.45. The number of carbonyl (C=O) groups excluding carboxylic acids is 1. The lowest BCUT2D eigenvalue weighted by Gasteiger charge is -2.63. The van der Waals surface area contributed by atoms with E-state index >= 15 is 0 Å². The first-order valence-electron chi connectivity index (χ1n) is 8.15. The molecule has 1 fully saturated rings. The van der Waals surface area contributed by atoms with Crippen molar-refractivity contribution in [2.24, 2.45) is 10.8 Å². The Labute approximate surface area is 141 Å². The number of pyridine rings is 1. The van der Waals surface area contributed by atoms with Crippen LogP contribution < -0.4 is 10.9 Å². The van der Waals surface area contributed by atoms with E-state index in [1.165, 1.54) is 0 Å². The van der Waals surface area contributed by atoms with E-state index in [9.17, 15) is 9.59 Å². The molecule has 0 atom stereocenters. The molecule has 5 nitrogen and oxygen atoms in total. The fourth-order valence-corrected chi connectivity index (χ4v) is 4.65. The molecule has 2 aromatic rings. The van der Waals surface area contributed by atoms with Crippen molar-refractivity contribution in [2.45, 2.75) is 39.8 Å². The minimum atomic E-state index is -0.265. The van der Waals surface area contributed by atoms with Crippen LogP contribution in [0.3, 0.4) is 0 Å². The molecule has 128 valence electrons. The van der Waals surface area contributed by atoms with Crippen molar-refractivity contribution in [1.82, 2.24) is 10.3 Å². The number of ether oxygens (including phenoxy) is 1. The molecule has 0 spiro atoms. The topological polar surface area (TPSA) is 71.2 Å². The van der Waals surface area contributed by atoms with Crippen LogP contribution in [-0.4, -0.2) is 30.1 Å². The molecular weight excluding hydrogens is 304 g/mol. The lowest BCUT2D eigenvalue weighted by atomic mass is 9.49. The summed E-state index contributed by atoms with van der Waals surface area (Å²) in [5.74, 6) is -0.265. The Morgan fingerprint density at radius 3 is 2.42 bits per heavy atom. The monoisotopic (exact) mass is 328 g/mol. The van der Waals surface area contributed by atoms with Crippen molar-refractivity contribution in [3.8, 4) is 0 Å². The van der Waals surface area contributed by atoms with Crippen LogP contribution >= 0.6 is 0 Å². The van der Waals surface area contributed by atoms with Gasteiger partial charge < -0.3 is 15.0 Å². The standard InChI is InChI=1S/C19H24N2O3/c1-18(2)16(19(3,4)17(18)24-5)21-15(23)13-10-11-8-6-7-9-12(11)14(22)20-13/h6-10,16-17H,1-5H3,(H,20,22)(H,21,23). The number of hydrogen-bond acceptors (Lipinski definition) is 3. The summed E-state index contributed by atoms with van der Waals surface area (Å²) in [5, 5.41) is 4.42. The number of hydrogen-bond donors (Lipinski definition) is 2. The predicted octanol–water partition coefficient (Wildman–Crippen LogP) is 2.71. The van der Waals surface area contributed by atoms with Gasteiger partial charge in [-0.2, -0.15) is 0 Å². The summed E-state index contributed by atoms with van der Waals surface area (Å²) < 4.78 is 5.60. The van der Waals surface area contributed by atoms with Crippen LogP contribution in [0.1, 0.15) is 38.2 Å². The first-order chi connectivity index (χ1) is 11.2. The highest BCUT2D eigenvalue weighted by molar-refractivity contribution is 5.96. The molecule has 5 heteroatoms. The largest absolute Gasteiger partial charge is 0.380 e. The maximum absolute atomic E-state index is 12.7. The van der Waals surface area contributed by atoms with E-state index in [2.05, 4.69) is 38.0 Å². The highest BCUT2D eigenvalue weighted by Crippen LogP contribution is 2.55. The normalized spacial score (nSPS) is 24.4. The molecule has 0 radical (unpaired) electrons. The number of methoxy groups -OCH3 is 1. The predicted molar refractivity (Wildman–Crippen MR) is 94.2 cm³/mol. The summed E-state index contributed by atoms with van der Waals surface area (Å²) in [6, 6.07) is 8.92. The second-order valence-electron chi connectivity index (χ2n) is 7.76. The second-order valence-corrected chi connectivity index (χ2v) is 7.76. The molecule has 1 aliphatic rings. The minimum absolute atomic E-state index is 0.0441. The average Bonchev–Trinajstić information content (AvgIpc) is 2.52. The number of rotatable bonds is 3. The van der Waals surface area contributed by atoms with Gasteiger partial charge in [-0.15, -0.1) is 0 Å². The van der Waals surface area contributed by atoms with Crippen LogP contribution in [0, 0.1) is 10.8 Å². The maximum Gasteiger partial charge on any atom is 0.268 e. The fourth-order valence-electron chi connectivity index (χ4n) is 4.65. The first kappa shape index (κ1) is 16.7. The Hall–Kier alpha value is -2.14. The smallest absolute Gasteiger partial charge is 0.268 e. The highest BCUT2D eigenvalue weighted by Gasteiger charge is 2.62. The van der Waals surface area contributed by atoms with Crippen molar-refractivity contribution in [3.05, 3.63) is 46.4 Å². The van der Waals surface area contributed by atoms with Crippen LogP contribution in [0.15, 0.2) is 35.1 Å². The van der Waals surface area contributed by atoms with Gasteiger partial charge in [0.2, 0.25) is 0 Å². The van der Waals surface area contributed by atoms with E-state index in [1.807, 2.05) is 18.2 Å². The third-order valence-corrected chi connectivity index (χ3v) is 5.35. The summed E-state index contributed by atoms with van der Waals surface area (Å²) in [7, 11) is 1.70. The van der Waals surface area contributed by atoms with E-state index in [-0.39, 0.29) is 40.1 Å². The van der Waals surface area contributed by atoms with Crippen LogP contribution in [0.2, 0.25) is 0 Å². The van der Waals surface area contributed by atoms with Crippen molar-refractivity contribution >= 4 is 16.7 Å². The van der Waals surface area contributed by atoms with Gasteiger partial charge in [-0.05, 0) is 17.5 Å². The van der Waals surface area contributed by atoms with Gasteiger partial charge >= 0.3 is 0 Å². The fraction of sp³-hybridized carbons (Fsp3) is 0.474. The summed E-state index contributed by atoms with van der Waals surface area (Å²) in [4.78, 5) is 27.5. The number of benzene rings is 1. The zero-order valence-corrected chi connectivity index (χ0v) is 14.8. The molecule has 24 heavy (non-hydrogen) atoms. The maximum atomic E-state index is 12.7. The summed E-state index contributed by atoms with van der Waals surface area (Å²) in [6.07, 6.45) is 0.0611. The summed E-state index contributed by atoms with van der Waals surface area (Å²) in [5.41, 5.74) is -0.317. The number of nitrogens with one attached hydrogen (secondary N) is 2. The molecule has 2 N–H and O–H groups in total. The van der Waals surface area contributed by atoms with Crippen LogP contribution in [0.5, 0.6) is 0 Å². The Kier molecular flexibility index (Phi) is 3.79. The molecule has 0 bridgehead atoms. The minimum Gasteiger partial charge on any atom is -0.380 e. The average molecular weight is 328 g/mol. The number of H-pyrrole nitrogens is 1. The van der Waals surface area contributed by atoms with Gasteiger partial charge in [-0.25, -0.2) is 0 Å². The summed E-state index contributed by atoms with van der Waals surface area (Å²) >= 11 is 0. The Balaban J connectivity index is 1.90. The molecule has 1 amide bonds. The molecule has 1 saturated carbocycles. The first-order valence-corrected chi connectivity index (χ1v) is 8.15. The lowest BCUT2D eigenvalue weighted by molar-refractivity contribution is -0.195. The molecule has 1 aromatic heterocycles. The quantitative estimate of drug-likeness (QED) is 0.910. The van der Waals surface area contributed by atoms with Gasteiger partial charge in [0.05, 0.1) is 6.10 Å².